The van der Waals surface area contributed by atoms with Crippen LogP contribution < -0.4 is 10.1 Å². The van der Waals surface area contributed by atoms with Crippen LogP contribution in [0.25, 0.3) is 0 Å². The summed E-state index contributed by atoms with van der Waals surface area (Å²) in [6, 6.07) is 13.0. The SMILES string of the molecule is COc1cccc(C(C)(CC(=O)O)NC(=O)CC(C)c2ccc(F)cc2)c1. The van der Waals surface area contributed by atoms with E-state index in [1.54, 1.807) is 43.3 Å². The van der Waals surface area contributed by atoms with E-state index in [0.29, 0.717) is 11.3 Å². The zero-order chi connectivity index (χ0) is 20.0. The largest absolute Gasteiger partial charge is 0.497 e. The molecule has 0 radical (unpaired) electrons. The number of nitrogens with one attached hydrogen (secondary N) is 1. The Balaban J connectivity index is 2.17. The third-order valence-electron chi connectivity index (χ3n) is 4.56. The van der Waals surface area contributed by atoms with Gasteiger partial charge in [-0.2, -0.15) is 0 Å². The number of ether oxygens (including phenoxy) is 1. The number of carboxylic acids is 1. The first-order valence-electron chi connectivity index (χ1n) is 8.66. The first-order chi connectivity index (χ1) is 12.7. The minimum Gasteiger partial charge on any atom is -0.497 e. The van der Waals surface area contributed by atoms with E-state index in [4.69, 9.17) is 4.74 Å². The van der Waals surface area contributed by atoms with E-state index in [0.717, 1.165) is 5.56 Å². The second-order valence-corrected chi connectivity index (χ2v) is 6.84. The fourth-order valence-electron chi connectivity index (χ4n) is 3.03. The van der Waals surface area contributed by atoms with Crippen molar-refractivity contribution in [2.45, 2.75) is 38.1 Å². The predicted octanol–water partition coefficient (Wildman–Crippen LogP) is 3.83. The van der Waals surface area contributed by atoms with Crippen molar-refractivity contribution in [1.29, 1.82) is 0 Å². The van der Waals surface area contributed by atoms with Gasteiger partial charge < -0.3 is 15.2 Å². The van der Waals surface area contributed by atoms with Crippen LogP contribution >= 0.6 is 0 Å². The van der Waals surface area contributed by atoms with Crippen LogP contribution in [0.3, 0.4) is 0 Å². The number of halogens is 1. The van der Waals surface area contributed by atoms with Crippen molar-refractivity contribution >= 4 is 11.9 Å². The normalized spacial score (nSPS) is 14.1. The lowest BCUT2D eigenvalue weighted by atomic mass is 9.87. The van der Waals surface area contributed by atoms with Crippen LogP contribution in [-0.4, -0.2) is 24.1 Å². The number of carboxylic acid groups (broad SMARTS) is 1. The third-order valence-corrected chi connectivity index (χ3v) is 4.56. The fraction of sp³-hybridized carbons (Fsp3) is 0.333. The fourth-order valence-corrected chi connectivity index (χ4v) is 3.03. The van der Waals surface area contributed by atoms with Crippen LogP contribution in [0.4, 0.5) is 4.39 Å². The molecule has 0 saturated heterocycles. The molecule has 0 aliphatic rings. The summed E-state index contributed by atoms with van der Waals surface area (Å²) in [6.45, 7) is 3.54. The minimum atomic E-state index is -1.08. The quantitative estimate of drug-likeness (QED) is 0.737. The second-order valence-electron chi connectivity index (χ2n) is 6.84. The van der Waals surface area contributed by atoms with Gasteiger partial charge in [0, 0.05) is 6.42 Å². The van der Waals surface area contributed by atoms with Gasteiger partial charge in [0.05, 0.1) is 19.1 Å². The Morgan fingerprint density at radius 2 is 1.89 bits per heavy atom. The summed E-state index contributed by atoms with van der Waals surface area (Å²) in [4.78, 5) is 24.0. The molecule has 0 spiro atoms. The van der Waals surface area contributed by atoms with Crippen molar-refractivity contribution in [2.75, 3.05) is 7.11 Å². The van der Waals surface area contributed by atoms with E-state index >= 15 is 0 Å². The standard InChI is InChI=1S/C21H24FNO4/c1-14(15-7-9-17(22)10-8-15)11-19(24)23-21(2,13-20(25)26)16-5-4-6-18(12-16)27-3/h4-10,12,14H,11,13H2,1-3H3,(H,23,24)(H,25,26). The van der Waals surface area contributed by atoms with Crippen molar-refractivity contribution in [3.05, 3.63) is 65.5 Å². The Bertz CT molecular complexity index is 806. The van der Waals surface area contributed by atoms with Crippen LogP contribution in [-0.2, 0) is 15.1 Å². The van der Waals surface area contributed by atoms with Crippen molar-refractivity contribution in [1.82, 2.24) is 5.32 Å². The second kappa shape index (κ2) is 8.66. The van der Waals surface area contributed by atoms with Gasteiger partial charge in [0.15, 0.2) is 0 Å². The van der Waals surface area contributed by atoms with Crippen molar-refractivity contribution < 1.29 is 23.8 Å². The Kier molecular flexibility index (Phi) is 6.55. The highest BCUT2D eigenvalue weighted by molar-refractivity contribution is 5.79. The monoisotopic (exact) mass is 373 g/mol. The molecule has 2 unspecified atom stereocenters. The number of benzene rings is 2. The highest BCUT2D eigenvalue weighted by Gasteiger charge is 2.32. The molecule has 2 aromatic carbocycles. The molecule has 0 aromatic heterocycles. The maximum Gasteiger partial charge on any atom is 0.306 e. The molecule has 1 amide bonds. The number of amides is 1. The van der Waals surface area contributed by atoms with Crippen LogP contribution in [0.2, 0.25) is 0 Å². The average Bonchev–Trinajstić information content (AvgIpc) is 2.61. The van der Waals surface area contributed by atoms with Gasteiger partial charge in [-0.05, 0) is 48.2 Å². The maximum absolute atomic E-state index is 13.1. The number of hydrogen-bond acceptors (Lipinski definition) is 3. The zero-order valence-corrected chi connectivity index (χ0v) is 15.7. The Morgan fingerprint density at radius 3 is 2.48 bits per heavy atom. The third kappa shape index (κ3) is 5.54. The summed E-state index contributed by atoms with van der Waals surface area (Å²) >= 11 is 0. The molecule has 2 N–H and O–H groups in total. The molecule has 2 rings (SSSR count). The van der Waals surface area contributed by atoms with E-state index in [2.05, 4.69) is 5.32 Å². The molecule has 0 fully saturated rings. The Morgan fingerprint density at radius 1 is 1.22 bits per heavy atom. The maximum atomic E-state index is 13.1. The predicted molar refractivity (Wildman–Crippen MR) is 100 cm³/mol. The molecular weight excluding hydrogens is 349 g/mol. The highest BCUT2D eigenvalue weighted by atomic mass is 19.1. The van der Waals surface area contributed by atoms with Gasteiger partial charge in [-0.25, -0.2) is 4.39 Å². The van der Waals surface area contributed by atoms with Gasteiger partial charge in [0.1, 0.15) is 11.6 Å². The van der Waals surface area contributed by atoms with Gasteiger partial charge in [-0.3, -0.25) is 9.59 Å². The molecule has 5 nitrogen and oxygen atoms in total. The van der Waals surface area contributed by atoms with Gasteiger partial charge >= 0.3 is 5.97 Å². The topological polar surface area (TPSA) is 75.6 Å². The van der Waals surface area contributed by atoms with E-state index in [1.165, 1.54) is 19.2 Å². The summed E-state index contributed by atoms with van der Waals surface area (Å²) in [5.74, 6) is -1.18. The lowest BCUT2D eigenvalue weighted by Crippen LogP contribution is -2.45. The molecular formula is C21H24FNO4. The molecule has 6 heteroatoms. The van der Waals surface area contributed by atoms with Crippen molar-refractivity contribution in [2.24, 2.45) is 0 Å². The summed E-state index contributed by atoms with van der Waals surface area (Å²) in [5, 5.41) is 12.2. The molecule has 0 saturated carbocycles. The van der Waals surface area contributed by atoms with Crippen LogP contribution in [0, 0.1) is 5.82 Å². The van der Waals surface area contributed by atoms with Crippen molar-refractivity contribution in [3.63, 3.8) is 0 Å². The van der Waals surface area contributed by atoms with Crippen molar-refractivity contribution in [3.8, 4) is 5.75 Å². The Hall–Kier alpha value is -2.89. The molecule has 2 aromatic rings. The molecule has 0 heterocycles. The molecule has 0 bridgehead atoms. The first-order valence-corrected chi connectivity index (χ1v) is 8.66. The average molecular weight is 373 g/mol. The van der Waals surface area contributed by atoms with Gasteiger partial charge in [0.2, 0.25) is 5.91 Å². The first kappa shape index (κ1) is 20.4. The van der Waals surface area contributed by atoms with Gasteiger partial charge in [-0.15, -0.1) is 0 Å². The van der Waals surface area contributed by atoms with Gasteiger partial charge in [-0.1, -0.05) is 31.2 Å². The number of carbonyl (C=O) groups is 2. The number of rotatable bonds is 8. The Labute approximate surface area is 158 Å². The minimum absolute atomic E-state index is 0.134. The van der Waals surface area contributed by atoms with Crippen LogP contribution in [0.5, 0.6) is 5.75 Å². The molecule has 144 valence electrons. The number of carbonyl (C=O) groups excluding carboxylic acids is 1. The summed E-state index contributed by atoms with van der Waals surface area (Å²) < 4.78 is 18.3. The smallest absolute Gasteiger partial charge is 0.306 e. The summed E-state index contributed by atoms with van der Waals surface area (Å²) in [5.41, 5.74) is 0.403. The molecule has 27 heavy (non-hydrogen) atoms. The van der Waals surface area contributed by atoms with Crippen LogP contribution in [0.1, 0.15) is 43.7 Å². The molecule has 0 aliphatic heterocycles. The van der Waals surface area contributed by atoms with E-state index < -0.39 is 11.5 Å². The summed E-state index contributed by atoms with van der Waals surface area (Å²) in [6.07, 6.45) is -0.109. The van der Waals surface area contributed by atoms with Gasteiger partial charge in [0.25, 0.3) is 0 Å². The van der Waals surface area contributed by atoms with Crippen LogP contribution in [0.15, 0.2) is 48.5 Å². The number of aliphatic carboxylic acids is 1. The lowest BCUT2D eigenvalue weighted by Gasteiger charge is -2.31. The number of methoxy groups -OCH3 is 1. The zero-order valence-electron chi connectivity index (χ0n) is 15.7. The number of hydrogen-bond donors (Lipinski definition) is 2. The van der Waals surface area contributed by atoms with E-state index in [1.807, 2.05) is 6.92 Å². The summed E-state index contributed by atoms with van der Waals surface area (Å²) in [7, 11) is 1.52. The van der Waals surface area contributed by atoms with E-state index in [-0.39, 0.29) is 30.5 Å². The lowest BCUT2D eigenvalue weighted by molar-refractivity contribution is -0.139. The highest BCUT2D eigenvalue weighted by Crippen LogP contribution is 2.29. The van der Waals surface area contributed by atoms with E-state index in [9.17, 15) is 19.1 Å². The molecule has 2 atom stereocenters. The molecule has 0 aliphatic carbocycles.